The Morgan fingerprint density at radius 2 is 2.38 bits per heavy atom. The van der Waals surface area contributed by atoms with E-state index in [1.807, 2.05) is 0 Å². The third-order valence-electron chi connectivity index (χ3n) is 2.55. The maximum atomic E-state index is 9.53. The summed E-state index contributed by atoms with van der Waals surface area (Å²) in [5.74, 6) is 0. The Labute approximate surface area is 81.2 Å². The highest BCUT2D eigenvalue weighted by Crippen LogP contribution is 2.22. The molecule has 1 N–H and O–H groups in total. The third-order valence-corrected chi connectivity index (χ3v) is 2.55. The molecule has 0 aliphatic heterocycles. The van der Waals surface area contributed by atoms with Gasteiger partial charge in [0.1, 0.15) is 0 Å². The topological polar surface area (TPSA) is 20.2 Å². The van der Waals surface area contributed by atoms with E-state index in [1.165, 1.54) is 24.0 Å². The second-order valence-corrected chi connectivity index (χ2v) is 4.10. The van der Waals surface area contributed by atoms with Gasteiger partial charge in [-0.3, -0.25) is 0 Å². The van der Waals surface area contributed by atoms with Crippen molar-refractivity contribution in [2.24, 2.45) is 0 Å². The lowest BCUT2D eigenvalue weighted by Crippen LogP contribution is -2.00. The SMILES string of the molecule is C=C(C)CCC1=CC(O)CCCC1. The lowest BCUT2D eigenvalue weighted by molar-refractivity contribution is 0.211. The summed E-state index contributed by atoms with van der Waals surface area (Å²) in [6.07, 6.45) is 8.53. The van der Waals surface area contributed by atoms with Gasteiger partial charge >= 0.3 is 0 Å². The van der Waals surface area contributed by atoms with Gasteiger partial charge in [0.15, 0.2) is 0 Å². The average molecular weight is 180 g/mol. The van der Waals surface area contributed by atoms with Crippen LogP contribution in [0.5, 0.6) is 0 Å². The molecule has 0 radical (unpaired) electrons. The van der Waals surface area contributed by atoms with Crippen molar-refractivity contribution in [2.45, 2.75) is 51.6 Å². The van der Waals surface area contributed by atoms with E-state index in [2.05, 4.69) is 19.6 Å². The Balaban J connectivity index is 2.41. The summed E-state index contributed by atoms with van der Waals surface area (Å²) in [5, 5.41) is 9.53. The van der Waals surface area contributed by atoms with Crippen molar-refractivity contribution in [3.05, 3.63) is 23.8 Å². The van der Waals surface area contributed by atoms with Crippen molar-refractivity contribution in [3.8, 4) is 0 Å². The molecule has 1 nitrogen and oxygen atoms in total. The van der Waals surface area contributed by atoms with Gasteiger partial charge in [0.05, 0.1) is 6.10 Å². The molecule has 0 fully saturated rings. The minimum Gasteiger partial charge on any atom is -0.389 e. The minimum absolute atomic E-state index is 0.192. The molecule has 1 heteroatoms. The molecular formula is C12H20O. The fraction of sp³-hybridized carbons (Fsp3) is 0.667. The lowest BCUT2D eigenvalue weighted by atomic mass is 10.0. The van der Waals surface area contributed by atoms with Gasteiger partial charge in [-0.05, 0) is 39.0 Å². The van der Waals surface area contributed by atoms with Crippen LogP contribution in [0.25, 0.3) is 0 Å². The Kier molecular flexibility index (Phi) is 4.23. The van der Waals surface area contributed by atoms with E-state index in [-0.39, 0.29) is 6.10 Å². The highest BCUT2D eigenvalue weighted by molar-refractivity contribution is 5.09. The van der Waals surface area contributed by atoms with Gasteiger partial charge in [-0.2, -0.15) is 0 Å². The normalized spacial score (nSPS) is 23.5. The molecule has 0 amide bonds. The molecule has 0 spiro atoms. The summed E-state index contributed by atoms with van der Waals surface area (Å²) in [6.45, 7) is 5.96. The highest BCUT2D eigenvalue weighted by Gasteiger charge is 2.08. The van der Waals surface area contributed by atoms with Crippen molar-refractivity contribution in [2.75, 3.05) is 0 Å². The summed E-state index contributed by atoms with van der Waals surface area (Å²) in [7, 11) is 0. The molecule has 1 aliphatic rings. The van der Waals surface area contributed by atoms with Crippen molar-refractivity contribution in [3.63, 3.8) is 0 Å². The van der Waals surface area contributed by atoms with Crippen molar-refractivity contribution in [1.29, 1.82) is 0 Å². The molecule has 1 unspecified atom stereocenters. The van der Waals surface area contributed by atoms with Crippen LogP contribution in [0.3, 0.4) is 0 Å². The number of allylic oxidation sites excluding steroid dienone is 2. The first-order valence-electron chi connectivity index (χ1n) is 5.20. The Morgan fingerprint density at radius 3 is 3.08 bits per heavy atom. The molecule has 0 aromatic heterocycles. The quantitative estimate of drug-likeness (QED) is 0.661. The van der Waals surface area contributed by atoms with Gasteiger partial charge in [0.25, 0.3) is 0 Å². The Bertz CT molecular complexity index is 203. The molecule has 13 heavy (non-hydrogen) atoms. The van der Waals surface area contributed by atoms with Crippen LogP contribution in [-0.2, 0) is 0 Å². The van der Waals surface area contributed by atoms with E-state index >= 15 is 0 Å². The first-order chi connectivity index (χ1) is 6.18. The summed E-state index contributed by atoms with van der Waals surface area (Å²) in [5.41, 5.74) is 2.66. The average Bonchev–Trinajstić information content (AvgIpc) is 2.26. The Morgan fingerprint density at radius 1 is 1.62 bits per heavy atom. The first kappa shape index (κ1) is 10.5. The lowest BCUT2D eigenvalue weighted by Gasteiger charge is -2.05. The van der Waals surface area contributed by atoms with Crippen LogP contribution >= 0.6 is 0 Å². The van der Waals surface area contributed by atoms with Gasteiger partial charge in [-0.15, -0.1) is 6.58 Å². The number of hydrogen-bond donors (Lipinski definition) is 1. The zero-order valence-corrected chi connectivity index (χ0v) is 8.55. The van der Waals surface area contributed by atoms with Crippen LogP contribution in [0.15, 0.2) is 23.8 Å². The van der Waals surface area contributed by atoms with Gasteiger partial charge < -0.3 is 5.11 Å². The second-order valence-electron chi connectivity index (χ2n) is 4.10. The van der Waals surface area contributed by atoms with Crippen LogP contribution in [0.4, 0.5) is 0 Å². The van der Waals surface area contributed by atoms with E-state index in [9.17, 15) is 5.11 Å². The maximum absolute atomic E-state index is 9.53. The largest absolute Gasteiger partial charge is 0.389 e. The fourth-order valence-electron chi connectivity index (χ4n) is 1.73. The van der Waals surface area contributed by atoms with Crippen LogP contribution in [0.2, 0.25) is 0 Å². The molecule has 0 aromatic carbocycles. The summed E-state index contributed by atoms with van der Waals surface area (Å²) < 4.78 is 0. The van der Waals surface area contributed by atoms with Crippen molar-refractivity contribution < 1.29 is 5.11 Å². The molecule has 1 aliphatic carbocycles. The molecule has 0 bridgehead atoms. The number of rotatable bonds is 3. The molecule has 0 aromatic rings. The molecular weight excluding hydrogens is 160 g/mol. The van der Waals surface area contributed by atoms with Crippen LogP contribution in [0, 0.1) is 0 Å². The van der Waals surface area contributed by atoms with E-state index in [0.29, 0.717) is 0 Å². The monoisotopic (exact) mass is 180 g/mol. The Hall–Kier alpha value is -0.560. The van der Waals surface area contributed by atoms with Crippen molar-refractivity contribution >= 4 is 0 Å². The third kappa shape index (κ3) is 4.28. The van der Waals surface area contributed by atoms with Gasteiger partial charge in [-0.25, -0.2) is 0 Å². The number of hydrogen-bond acceptors (Lipinski definition) is 1. The van der Waals surface area contributed by atoms with Crippen LogP contribution < -0.4 is 0 Å². The smallest absolute Gasteiger partial charge is 0.0723 e. The summed E-state index contributed by atoms with van der Waals surface area (Å²) in [6, 6.07) is 0. The molecule has 0 heterocycles. The highest BCUT2D eigenvalue weighted by atomic mass is 16.3. The van der Waals surface area contributed by atoms with Gasteiger partial charge in [0, 0.05) is 0 Å². The van der Waals surface area contributed by atoms with Crippen molar-refractivity contribution in [1.82, 2.24) is 0 Å². The number of aliphatic hydroxyl groups excluding tert-OH is 1. The van der Waals surface area contributed by atoms with Crippen LogP contribution in [0.1, 0.15) is 45.4 Å². The van der Waals surface area contributed by atoms with Crippen LogP contribution in [-0.4, -0.2) is 11.2 Å². The van der Waals surface area contributed by atoms with E-state index in [0.717, 1.165) is 25.7 Å². The summed E-state index contributed by atoms with van der Waals surface area (Å²) >= 11 is 0. The second kappa shape index (κ2) is 5.23. The number of aliphatic hydroxyl groups is 1. The first-order valence-corrected chi connectivity index (χ1v) is 5.20. The molecule has 0 saturated carbocycles. The molecule has 74 valence electrons. The molecule has 1 atom stereocenters. The van der Waals surface area contributed by atoms with E-state index < -0.39 is 0 Å². The van der Waals surface area contributed by atoms with E-state index in [4.69, 9.17) is 0 Å². The predicted molar refractivity (Wildman–Crippen MR) is 56.6 cm³/mol. The molecule has 1 rings (SSSR count). The molecule has 0 saturated heterocycles. The summed E-state index contributed by atoms with van der Waals surface area (Å²) in [4.78, 5) is 0. The predicted octanol–water partition coefficient (Wildman–Crippen LogP) is 3.20. The van der Waals surface area contributed by atoms with Gasteiger partial charge in [-0.1, -0.05) is 23.6 Å². The minimum atomic E-state index is -0.192. The maximum Gasteiger partial charge on any atom is 0.0723 e. The zero-order valence-electron chi connectivity index (χ0n) is 8.55. The van der Waals surface area contributed by atoms with Gasteiger partial charge in [0.2, 0.25) is 0 Å². The fourth-order valence-corrected chi connectivity index (χ4v) is 1.73. The zero-order chi connectivity index (χ0) is 9.68. The standard InChI is InChI=1S/C12H20O/c1-10(2)7-8-11-5-3-4-6-12(13)9-11/h9,12-13H,1,3-8H2,2H3. The van der Waals surface area contributed by atoms with E-state index in [1.54, 1.807) is 0 Å².